The molecule has 0 saturated carbocycles. The molecule has 0 aromatic heterocycles. The van der Waals surface area contributed by atoms with Crippen LogP contribution in [0.25, 0.3) is 0 Å². The lowest BCUT2D eigenvalue weighted by atomic mass is 10.1. The quantitative estimate of drug-likeness (QED) is 0.636. The predicted octanol–water partition coefficient (Wildman–Crippen LogP) is 2.95. The third-order valence-electron chi connectivity index (χ3n) is 3.10. The highest BCUT2D eigenvalue weighted by atomic mass is 19.1. The van der Waals surface area contributed by atoms with Gasteiger partial charge >= 0.3 is 0 Å². The molecule has 0 bridgehead atoms. The molecule has 0 aliphatic carbocycles. The maximum absolute atomic E-state index is 13.4. The third kappa shape index (κ3) is 4.70. The molecule has 0 fully saturated rings. The first-order valence-electron chi connectivity index (χ1n) is 7.08. The van der Waals surface area contributed by atoms with E-state index in [0.717, 1.165) is 12.0 Å². The third-order valence-corrected chi connectivity index (χ3v) is 3.10. The highest BCUT2D eigenvalue weighted by Crippen LogP contribution is 2.11. The molecule has 2 rings (SSSR count). The Balaban J connectivity index is 1.79. The molecular formula is C17H18FN3O. The first kappa shape index (κ1) is 15.7. The van der Waals surface area contributed by atoms with Gasteiger partial charge in [-0.2, -0.15) is 5.10 Å². The standard InChI is InChI=1S/C17H18FN3O/c1-2-13-7-9-14(10-8-13)11-20-21-17(22)12-19-16-6-4-3-5-15(16)18/h3-11,19H,2,12H2,1H3,(H,21,22)/b20-11+. The van der Waals surface area contributed by atoms with Gasteiger partial charge in [-0.3, -0.25) is 4.79 Å². The van der Waals surface area contributed by atoms with Gasteiger partial charge in [0.2, 0.25) is 0 Å². The van der Waals surface area contributed by atoms with E-state index in [0.29, 0.717) is 0 Å². The lowest BCUT2D eigenvalue weighted by molar-refractivity contribution is -0.119. The van der Waals surface area contributed by atoms with E-state index in [-0.39, 0.29) is 18.1 Å². The van der Waals surface area contributed by atoms with Gasteiger partial charge in [-0.15, -0.1) is 0 Å². The van der Waals surface area contributed by atoms with Crippen molar-refractivity contribution in [1.82, 2.24) is 5.43 Å². The van der Waals surface area contributed by atoms with Crippen LogP contribution in [0.3, 0.4) is 0 Å². The van der Waals surface area contributed by atoms with E-state index in [4.69, 9.17) is 0 Å². The number of rotatable bonds is 6. The van der Waals surface area contributed by atoms with Crippen LogP contribution in [0.1, 0.15) is 18.1 Å². The normalized spacial score (nSPS) is 10.6. The Morgan fingerprint density at radius 1 is 1.18 bits per heavy atom. The summed E-state index contributed by atoms with van der Waals surface area (Å²) in [6.45, 7) is 2.04. The Hall–Kier alpha value is -2.69. The molecule has 5 heteroatoms. The Morgan fingerprint density at radius 3 is 2.59 bits per heavy atom. The first-order valence-corrected chi connectivity index (χ1v) is 7.08. The molecule has 22 heavy (non-hydrogen) atoms. The van der Waals surface area contributed by atoms with E-state index >= 15 is 0 Å². The summed E-state index contributed by atoms with van der Waals surface area (Å²) in [6, 6.07) is 14.1. The minimum Gasteiger partial charge on any atom is -0.374 e. The van der Waals surface area contributed by atoms with Crippen molar-refractivity contribution in [2.75, 3.05) is 11.9 Å². The van der Waals surface area contributed by atoms with Crippen molar-refractivity contribution in [1.29, 1.82) is 0 Å². The summed E-state index contributed by atoms with van der Waals surface area (Å²) < 4.78 is 13.4. The molecule has 2 aromatic carbocycles. The van der Waals surface area contributed by atoms with E-state index in [9.17, 15) is 9.18 Å². The van der Waals surface area contributed by atoms with Crippen molar-refractivity contribution in [3.63, 3.8) is 0 Å². The Morgan fingerprint density at radius 2 is 1.91 bits per heavy atom. The zero-order chi connectivity index (χ0) is 15.8. The number of hydrazone groups is 1. The molecule has 2 aromatic rings. The molecule has 1 amide bonds. The number of nitrogens with one attached hydrogen (secondary N) is 2. The zero-order valence-corrected chi connectivity index (χ0v) is 12.3. The summed E-state index contributed by atoms with van der Waals surface area (Å²) in [7, 11) is 0. The number of amides is 1. The average Bonchev–Trinajstić information content (AvgIpc) is 2.55. The topological polar surface area (TPSA) is 53.5 Å². The molecule has 0 spiro atoms. The number of halogens is 1. The number of benzene rings is 2. The first-order chi connectivity index (χ1) is 10.7. The fraction of sp³-hybridized carbons (Fsp3) is 0.176. The second-order valence-corrected chi connectivity index (χ2v) is 4.72. The highest BCUT2D eigenvalue weighted by molar-refractivity contribution is 5.84. The summed E-state index contributed by atoms with van der Waals surface area (Å²) in [5, 5.41) is 6.59. The van der Waals surface area contributed by atoms with Gasteiger partial charge in [-0.25, -0.2) is 9.82 Å². The van der Waals surface area contributed by atoms with Gasteiger partial charge in [0.05, 0.1) is 18.4 Å². The molecule has 0 unspecified atom stereocenters. The number of carbonyl (C=O) groups is 1. The average molecular weight is 299 g/mol. The second kappa shape index (κ2) is 7.93. The van der Waals surface area contributed by atoms with Crippen LogP contribution in [0, 0.1) is 5.82 Å². The number of hydrogen-bond acceptors (Lipinski definition) is 3. The van der Waals surface area contributed by atoms with Crippen molar-refractivity contribution in [2.45, 2.75) is 13.3 Å². The molecule has 0 atom stereocenters. The fourth-order valence-corrected chi connectivity index (χ4v) is 1.84. The van der Waals surface area contributed by atoms with Gasteiger partial charge in [-0.05, 0) is 29.7 Å². The highest BCUT2D eigenvalue weighted by Gasteiger charge is 2.02. The SMILES string of the molecule is CCc1ccc(/C=N/NC(=O)CNc2ccccc2F)cc1. The number of aryl methyl sites for hydroxylation is 1. The smallest absolute Gasteiger partial charge is 0.259 e. The van der Waals surface area contributed by atoms with Crippen LogP contribution in [0.2, 0.25) is 0 Å². The van der Waals surface area contributed by atoms with Crippen LogP contribution in [-0.4, -0.2) is 18.7 Å². The van der Waals surface area contributed by atoms with Crippen molar-refractivity contribution >= 4 is 17.8 Å². The molecule has 114 valence electrons. The van der Waals surface area contributed by atoms with Gasteiger partial charge in [0, 0.05) is 0 Å². The molecular weight excluding hydrogens is 281 g/mol. The summed E-state index contributed by atoms with van der Waals surface area (Å²) in [5.74, 6) is -0.737. The Labute approximate surface area is 129 Å². The molecule has 0 aliphatic rings. The number of para-hydroxylation sites is 1. The molecule has 2 N–H and O–H groups in total. The molecule has 0 radical (unpaired) electrons. The van der Waals surface area contributed by atoms with Crippen LogP contribution in [0.15, 0.2) is 53.6 Å². The Kier molecular flexibility index (Phi) is 5.65. The summed E-state index contributed by atoms with van der Waals surface area (Å²) in [4.78, 5) is 11.6. The van der Waals surface area contributed by atoms with Crippen molar-refractivity contribution in [3.8, 4) is 0 Å². The minimum absolute atomic E-state index is 0.0486. The number of nitrogens with zero attached hydrogens (tertiary/aromatic N) is 1. The molecule has 4 nitrogen and oxygen atoms in total. The molecule has 0 saturated heterocycles. The number of hydrogen-bond donors (Lipinski definition) is 2. The minimum atomic E-state index is -0.394. The molecule has 0 heterocycles. The van der Waals surface area contributed by atoms with Gasteiger partial charge in [0.25, 0.3) is 5.91 Å². The van der Waals surface area contributed by atoms with Gasteiger partial charge in [-0.1, -0.05) is 43.3 Å². The van der Waals surface area contributed by atoms with Crippen molar-refractivity contribution in [2.24, 2.45) is 5.10 Å². The van der Waals surface area contributed by atoms with Gasteiger partial charge in [0.1, 0.15) is 5.82 Å². The lowest BCUT2D eigenvalue weighted by Crippen LogP contribution is -2.26. The van der Waals surface area contributed by atoms with Crippen LogP contribution >= 0.6 is 0 Å². The lowest BCUT2D eigenvalue weighted by Gasteiger charge is -2.05. The van der Waals surface area contributed by atoms with Crippen molar-refractivity contribution < 1.29 is 9.18 Å². The largest absolute Gasteiger partial charge is 0.374 e. The molecule has 0 aliphatic heterocycles. The van der Waals surface area contributed by atoms with Crippen LogP contribution in [0.5, 0.6) is 0 Å². The van der Waals surface area contributed by atoms with Crippen molar-refractivity contribution in [3.05, 3.63) is 65.5 Å². The van der Waals surface area contributed by atoms with Crippen LogP contribution in [-0.2, 0) is 11.2 Å². The van der Waals surface area contributed by atoms with E-state index in [1.54, 1.807) is 24.4 Å². The number of anilines is 1. The second-order valence-electron chi connectivity index (χ2n) is 4.72. The van der Waals surface area contributed by atoms with E-state index in [2.05, 4.69) is 22.8 Å². The fourth-order valence-electron chi connectivity index (χ4n) is 1.84. The van der Waals surface area contributed by atoms with Crippen LogP contribution in [0.4, 0.5) is 10.1 Å². The summed E-state index contributed by atoms with van der Waals surface area (Å²) in [5.41, 5.74) is 4.83. The maximum Gasteiger partial charge on any atom is 0.259 e. The van der Waals surface area contributed by atoms with Gasteiger partial charge in [0.15, 0.2) is 0 Å². The van der Waals surface area contributed by atoms with Gasteiger partial charge < -0.3 is 5.32 Å². The maximum atomic E-state index is 13.4. The van der Waals surface area contributed by atoms with Crippen LogP contribution < -0.4 is 10.7 Å². The number of carbonyl (C=O) groups excluding carboxylic acids is 1. The monoisotopic (exact) mass is 299 g/mol. The van der Waals surface area contributed by atoms with E-state index in [1.807, 2.05) is 24.3 Å². The summed E-state index contributed by atoms with van der Waals surface area (Å²) >= 11 is 0. The predicted molar refractivity (Wildman–Crippen MR) is 86.4 cm³/mol. The van der Waals surface area contributed by atoms with E-state index < -0.39 is 5.82 Å². The zero-order valence-electron chi connectivity index (χ0n) is 12.3. The Bertz CT molecular complexity index is 653. The van der Waals surface area contributed by atoms with E-state index in [1.165, 1.54) is 11.6 Å². The summed E-state index contributed by atoms with van der Waals surface area (Å²) in [6.07, 6.45) is 2.55.